The zero-order chi connectivity index (χ0) is 13.3. The number of carbonyl (C=O) groups is 1. The molecule has 0 saturated heterocycles. The van der Waals surface area contributed by atoms with Gasteiger partial charge in [-0.3, -0.25) is 0 Å². The van der Waals surface area contributed by atoms with Crippen molar-refractivity contribution in [3.05, 3.63) is 51.2 Å². The van der Waals surface area contributed by atoms with E-state index >= 15 is 0 Å². The van der Waals surface area contributed by atoms with Crippen LogP contribution >= 0.6 is 11.6 Å². The van der Waals surface area contributed by atoms with E-state index in [4.69, 9.17) is 11.6 Å². The zero-order valence-electron chi connectivity index (χ0n) is 9.38. The third kappa shape index (κ3) is 2.32. The quantitative estimate of drug-likeness (QED) is 0.781. The second-order valence-electron chi connectivity index (χ2n) is 3.63. The van der Waals surface area contributed by atoms with E-state index in [-0.39, 0.29) is 4.91 Å². The van der Waals surface area contributed by atoms with Crippen molar-refractivity contribution in [3.63, 3.8) is 0 Å². The molecule has 1 aliphatic heterocycles. The molecule has 0 amide bonds. The van der Waals surface area contributed by atoms with Crippen LogP contribution in [0.3, 0.4) is 0 Å². The third-order valence-electron chi connectivity index (χ3n) is 2.44. The van der Waals surface area contributed by atoms with Crippen molar-refractivity contribution in [2.45, 2.75) is 0 Å². The Morgan fingerprint density at radius 3 is 2.39 bits per heavy atom. The summed E-state index contributed by atoms with van der Waals surface area (Å²) in [4.78, 5) is 11.0. The minimum absolute atomic E-state index is 0.352. The molecule has 1 aromatic rings. The Kier molecular flexibility index (Phi) is 3.28. The maximum absolute atomic E-state index is 11.7. The van der Waals surface area contributed by atoms with Gasteiger partial charge in [-0.05, 0) is 29.3 Å². The smallest absolute Gasteiger partial charge is 0.349 e. The molecule has 0 atom stereocenters. The highest BCUT2D eigenvalue weighted by Crippen LogP contribution is 2.30. The van der Waals surface area contributed by atoms with Crippen LogP contribution in [0.2, 0.25) is 5.02 Å². The minimum atomic E-state index is -3.71. The van der Waals surface area contributed by atoms with E-state index < -0.39 is 15.8 Å². The standard InChI is InChI=1S/C12H9ClO4S/c1-17-12(14)11-6-9(7-18(11,15)16)8-2-4-10(13)5-3-8/h2-7H,1H3. The summed E-state index contributed by atoms with van der Waals surface area (Å²) in [6.45, 7) is 0. The number of rotatable bonds is 2. The van der Waals surface area contributed by atoms with Crippen molar-refractivity contribution in [1.29, 1.82) is 0 Å². The van der Waals surface area contributed by atoms with Gasteiger partial charge in [-0.25, -0.2) is 13.2 Å². The molecule has 0 N–H and O–H groups in total. The molecule has 1 aromatic carbocycles. The second-order valence-corrected chi connectivity index (χ2v) is 5.83. The highest BCUT2D eigenvalue weighted by Gasteiger charge is 2.29. The van der Waals surface area contributed by atoms with Gasteiger partial charge in [0.1, 0.15) is 0 Å². The van der Waals surface area contributed by atoms with Gasteiger partial charge in [0.15, 0.2) is 4.91 Å². The Balaban J connectivity index is 2.46. The number of hydrogen-bond acceptors (Lipinski definition) is 4. The average molecular weight is 285 g/mol. The zero-order valence-corrected chi connectivity index (χ0v) is 11.0. The number of sulfone groups is 1. The molecule has 0 bridgehead atoms. The maximum Gasteiger partial charge on any atom is 0.349 e. The molecule has 6 heteroatoms. The molecular formula is C12H9ClO4S. The second kappa shape index (κ2) is 4.59. The van der Waals surface area contributed by atoms with Crippen LogP contribution in [0.5, 0.6) is 0 Å². The number of ether oxygens (including phenoxy) is 1. The number of methoxy groups -OCH3 is 1. The molecule has 0 spiro atoms. The number of halogens is 1. The Morgan fingerprint density at radius 1 is 1.22 bits per heavy atom. The maximum atomic E-state index is 11.7. The average Bonchev–Trinajstić information content (AvgIpc) is 2.65. The predicted molar refractivity (Wildman–Crippen MR) is 68.4 cm³/mol. The molecule has 4 nitrogen and oxygen atoms in total. The predicted octanol–water partition coefficient (Wildman–Crippen LogP) is 2.17. The van der Waals surface area contributed by atoms with E-state index in [0.717, 1.165) is 12.5 Å². The number of allylic oxidation sites excluding steroid dienone is 2. The van der Waals surface area contributed by atoms with Gasteiger partial charge in [0.2, 0.25) is 9.84 Å². The van der Waals surface area contributed by atoms with Crippen LogP contribution in [-0.4, -0.2) is 21.5 Å². The van der Waals surface area contributed by atoms with Gasteiger partial charge in [0.05, 0.1) is 7.11 Å². The largest absolute Gasteiger partial charge is 0.465 e. The fourth-order valence-electron chi connectivity index (χ4n) is 1.56. The Bertz CT molecular complexity index is 654. The van der Waals surface area contributed by atoms with Crippen LogP contribution in [0.1, 0.15) is 5.56 Å². The van der Waals surface area contributed by atoms with E-state index in [9.17, 15) is 13.2 Å². The van der Waals surface area contributed by atoms with Gasteiger partial charge in [-0.15, -0.1) is 0 Å². The van der Waals surface area contributed by atoms with Crippen molar-refractivity contribution >= 4 is 33.0 Å². The first kappa shape index (κ1) is 12.9. The first-order valence-corrected chi connectivity index (χ1v) is 6.89. The Morgan fingerprint density at radius 2 is 1.83 bits per heavy atom. The fraction of sp³-hybridized carbons (Fsp3) is 0.0833. The summed E-state index contributed by atoms with van der Waals surface area (Å²) in [6.07, 6.45) is 1.30. The summed E-state index contributed by atoms with van der Waals surface area (Å²) in [6, 6.07) is 6.66. The van der Waals surface area contributed by atoms with E-state index in [2.05, 4.69) is 4.74 Å². The summed E-state index contributed by atoms with van der Waals surface area (Å²) in [5.74, 6) is -0.866. The van der Waals surface area contributed by atoms with Crippen LogP contribution < -0.4 is 0 Å². The highest BCUT2D eigenvalue weighted by atomic mass is 35.5. The van der Waals surface area contributed by atoms with Gasteiger partial charge in [0, 0.05) is 10.4 Å². The van der Waals surface area contributed by atoms with Crippen molar-refractivity contribution in [1.82, 2.24) is 0 Å². The summed E-state index contributed by atoms with van der Waals surface area (Å²) >= 11 is 5.75. The van der Waals surface area contributed by atoms with Gasteiger partial charge < -0.3 is 4.74 Å². The molecule has 2 rings (SSSR count). The van der Waals surface area contributed by atoms with Gasteiger partial charge in [-0.2, -0.15) is 0 Å². The minimum Gasteiger partial charge on any atom is -0.465 e. The molecule has 18 heavy (non-hydrogen) atoms. The first-order valence-electron chi connectivity index (χ1n) is 4.97. The lowest BCUT2D eigenvalue weighted by atomic mass is 10.1. The number of benzene rings is 1. The molecule has 0 fully saturated rings. The van der Waals surface area contributed by atoms with E-state index in [0.29, 0.717) is 16.2 Å². The highest BCUT2D eigenvalue weighted by molar-refractivity contribution is 7.99. The summed E-state index contributed by atoms with van der Waals surface area (Å²) in [7, 11) is -2.58. The molecule has 1 heterocycles. The van der Waals surface area contributed by atoms with Crippen LogP contribution in [0, 0.1) is 0 Å². The number of esters is 1. The number of hydrogen-bond donors (Lipinski definition) is 0. The first-order chi connectivity index (χ1) is 8.44. The SMILES string of the molecule is COC(=O)C1=CC(c2ccc(Cl)cc2)=CS1(=O)=O. The molecule has 94 valence electrons. The van der Waals surface area contributed by atoms with E-state index in [1.165, 1.54) is 6.08 Å². The molecule has 0 aliphatic carbocycles. The fourth-order valence-corrected chi connectivity index (χ4v) is 2.96. The number of carbonyl (C=O) groups excluding carboxylic acids is 1. The van der Waals surface area contributed by atoms with Gasteiger partial charge in [0.25, 0.3) is 0 Å². The van der Waals surface area contributed by atoms with Crippen molar-refractivity contribution < 1.29 is 17.9 Å². The van der Waals surface area contributed by atoms with Gasteiger partial charge >= 0.3 is 5.97 Å². The normalized spacial score (nSPS) is 17.0. The molecule has 0 saturated carbocycles. The van der Waals surface area contributed by atoms with E-state index in [1.54, 1.807) is 24.3 Å². The van der Waals surface area contributed by atoms with Gasteiger partial charge in [-0.1, -0.05) is 23.7 Å². The summed E-state index contributed by atoms with van der Waals surface area (Å²) < 4.78 is 27.9. The molecular weight excluding hydrogens is 276 g/mol. The Labute approximate surface area is 109 Å². The van der Waals surface area contributed by atoms with Crippen LogP contribution in [0.25, 0.3) is 5.57 Å². The lowest BCUT2D eigenvalue weighted by Gasteiger charge is -1.98. The van der Waals surface area contributed by atoms with Crippen molar-refractivity contribution in [2.75, 3.05) is 7.11 Å². The Hall–Kier alpha value is -1.59. The summed E-state index contributed by atoms with van der Waals surface area (Å²) in [5.41, 5.74) is 1.11. The van der Waals surface area contributed by atoms with Crippen LogP contribution in [0.4, 0.5) is 0 Å². The molecule has 1 aliphatic rings. The monoisotopic (exact) mass is 284 g/mol. The van der Waals surface area contributed by atoms with Crippen molar-refractivity contribution in [2.24, 2.45) is 0 Å². The van der Waals surface area contributed by atoms with Crippen LogP contribution in [-0.2, 0) is 19.4 Å². The van der Waals surface area contributed by atoms with Crippen molar-refractivity contribution in [3.8, 4) is 0 Å². The molecule has 0 radical (unpaired) electrons. The lowest BCUT2D eigenvalue weighted by Crippen LogP contribution is -2.10. The molecule has 0 unspecified atom stereocenters. The van der Waals surface area contributed by atoms with E-state index in [1.807, 2.05) is 0 Å². The molecule has 0 aromatic heterocycles. The van der Waals surface area contributed by atoms with Crippen LogP contribution in [0.15, 0.2) is 40.7 Å². The summed E-state index contributed by atoms with van der Waals surface area (Å²) in [5, 5.41) is 1.60. The topological polar surface area (TPSA) is 60.4 Å². The lowest BCUT2D eigenvalue weighted by molar-refractivity contribution is -0.135. The third-order valence-corrected chi connectivity index (χ3v) is 4.15.